The highest BCUT2D eigenvalue weighted by molar-refractivity contribution is 7.09. The van der Waals surface area contributed by atoms with E-state index >= 15 is 0 Å². The summed E-state index contributed by atoms with van der Waals surface area (Å²) in [6.45, 7) is 1.31. The smallest absolute Gasteiger partial charge is 0.127 e. The minimum Gasteiger partial charge on any atom is -0.497 e. The van der Waals surface area contributed by atoms with Crippen molar-refractivity contribution in [1.82, 2.24) is 5.32 Å². The summed E-state index contributed by atoms with van der Waals surface area (Å²) >= 11 is 1.73. The molecule has 0 aliphatic heterocycles. The SMILES string of the molecule is COc1ccc(C(CN)NCc2cccs2)c(OC)c1. The van der Waals surface area contributed by atoms with Gasteiger partial charge in [0.25, 0.3) is 0 Å². The highest BCUT2D eigenvalue weighted by atomic mass is 32.1. The number of hydrogen-bond donors (Lipinski definition) is 2. The van der Waals surface area contributed by atoms with Crippen LogP contribution < -0.4 is 20.5 Å². The van der Waals surface area contributed by atoms with Crippen molar-refractivity contribution < 1.29 is 9.47 Å². The van der Waals surface area contributed by atoms with Gasteiger partial charge in [-0.3, -0.25) is 0 Å². The molecule has 0 saturated carbocycles. The van der Waals surface area contributed by atoms with Crippen LogP contribution in [-0.4, -0.2) is 20.8 Å². The van der Waals surface area contributed by atoms with E-state index in [9.17, 15) is 0 Å². The molecule has 0 amide bonds. The van der Waals surface area contributed by atoms with Crippen molar-refractivity contribution >= 4 is 11.3 Å². The summed E-state index contributed by atoms with van der Waals surface area (Å²) in [5.41, 5.74) is 6.94. The minimum atomic E-state index is 0.0537. The molecule has 0 spiro atoms. The Labute approximate surface area is 123 Å². The van der Waals surface area contributed by atoms with Crippen LogP contribution >= 0.6 is 11.3 Å². The van der Waals surface area contributed by atoms with Crippen molar-refractivity contribution in [3.05, 3.63) is 46.2 Å². The highest BCUT2D eigenvalue weighted by Crippen LogP contribution is 2.29. The van der Waals surface area contributed by atoms with Gasteiger partial charge in [-0.25, -0.2) is 0 Å². The first-order valence-electron chi connectivity index (χ1n) is 6.46. The fourth-order valence-corrected chi connectivity index (χ4v) is 2.72. The lowest BCUT2D eigenvalue weighted by Crippen LogP contribution is -2.28. The van der Waals surface area contributed by atoms with Gasteiger partial charge in [0.05, 0.1) is 14.2 Å². The fraction of sp³-hybridized carbons (Fsp3) is 0.333. The molecular formula is C15H20N2O2S. The van der Waals surface area contributed by atoms with Crippen LogP contribution in [0.3, 0.4) is 0 Å². The third-order valence-electron chi connectivity index (χ3n) is 3.15. The molecule has 1 heterocycles. The van der Waals surface area contributed by atoms with Crippen molar-refractivity contribution in [2.45, 2.75) is 12.6 Å². The van der Waals surface area contributed by atoms with Crippen LogP contribution in [0.25, 0.3) is 0 Å². The van der Waals surface area contributed by atoms with Gasteiger partial charge in [0.15, 0.2) is 0 Å². The first-order chi connectivity index (χ1) is 9.78. The summed E-state index contributed by atoms with van der Waals surface area (Å²) in [7, 11) is 3.30. The molecule has 1 aromatic carbocycles. The van der Waals surface area contributed by atoms with Crippen LogP contribution in [0.15, 0.2) is 35.7 Å². The zero-order valence-corrected chi connectivity index (χ0v) is 12.6. The van der Waals surface area contributed by atoms with Gasteiger partial charge in [0.1, 0.15) is 11.5 Å². The number of benzene rings is 1. The number of ether oxygens (including phenoxy) is 2. The molecule has 20 heavy (non-hydrogen) atoms. The fourth-order valence-electron chi connectivity index (χ4n) is 2.06. The number of thiophene rings is 1. The van der Waals surface area contributed by atoms with Crippen molar-refractivity contribution in [2.24, 2.45) is 5.73 Å². The molecule has 0 fully saturated rings. The molecule has 0 aliphatic carbocycles. The lowest BCUT2D eigenvalue weighted by atomic mass is 10.1. The molecule has 0 aliphatic rings. The van der Waals surface area contributed by atoms with E-state index in [2.05, 4.69) is 16.8 Å². The van der Waals surface area contributed by atoms with Gasteiger partial charge >= 0.3 is 0 Å². The highest BCUT2D eigenvalue weighted by Gasteiger charge is 2.15. The van der Waals surface area contributed by atoms with Crippen LogP contribution in [0.5, 0.6) is 11.5 Å². The van der Waals surface area contributed by atoms with E-state index in [1.807, 2.05) is 24.3 Å². The van der Waals surface area contributed by atoms with Crippen molar-refractivity contribution in [1.29, 1.82) is 0 Å². The molecule has 0 saturated heterocycles. The number of rotatable bonds is 7. The summed E-state index contributed by atoms with van der Waals surface area (Å²) in [6.07, 6.45) is 0. The Morgan fingerprint density at radius 1 is 1.25 bits per heavy atom. The third-order valence-corrected chi connectivity index (χ3v) is 4.03. The van der Waals surface area contributed by atoms with Crippen LogP contribution in [0.1, 0.15) is 16.5 Å². The third kappa shape index (κ3) is 3.50. The quantitative estimate of drug-likeness (QED) is 0.823. The van der Waals surface area contributed by atoms with E-state index < -0.39 is 0 Å². The zero-order chi connectivity index (χ0) is 14.4. The topological polar surface area (TPSA) is 56.5 Å². The maximum atomic E-state index is 5.89. The second kappa shape index (κ2) is 7.28. The molecule has 1 unspecified atom stereocenters. The summed E-state index contributed by atoms with van der Waals surface area (Å²) < 4.78 is 10.6. The largest absolute Gasteiger partial charge is 0.497 e. The van der Waals surface area contributed by atoms with Gasteiger partial charge in [-0.05, 0) is 17.5 Å². The standard InChI is InChI=1S/C15H20N2O2S/c1-18-11-5-6-13(15(8-11)19-2)14(9-16)17-10-12-4-3-7-20-12/h3-8,14,17H,9-10,16H2,1-2H3. The van der Waals surface area contributed by atoms with E-state index in [0.717, 1.165) is 23.6 Å². The molecule has 4 nitrogen and oxygen atoms in total. The monoisotopic (exact) mass is 292 g/mol. The Kier molecular flexibility index (Phi) is 5.40. The second-order valence-corrected chi connectivity index (χ2v) is 5.39. The minimum absolute atomic E-state index is 0.0537. The van der Waals surface area contributed by atoms with Gasteiger partial charge in [-0.1, -0.05) is 12.1 Å². The van der Waals surface area contributed by atoms with Crippen LogP contribution in [0.2, 0.25) is 0 Å². The lowest BCUT2D eigenvalue weighted by Gasteiger charge is -2.20. The Bertz CT molecular complexity index is 529. The van der Waals surface area contributed by atoms with Crippen LogP contribution in [-0.2, 0) is 6.54 Å². The average molecular weight is 292 g/mol. The Hall–Kier alpha value is -1.56. The number of hydrogen-bond acceptors (Lipinski definition) is 5. The van der Waals surface area contributed by atoms with E-state index in [1.165, 1.54) is 4.88 Å². The molecular weight excluding hydrogens is 272 g/mol. The van der Waals surface area contributed by atoms with Gasteiger partial charge < -0.3 is 20.5 Å². The first-order valence-corrected chi connectivity index (χ1v) is 7.34. The average Bonchev–Trinajstić information content (AvgIpc) is 3.01. The van der Waals surface area contributed by atoms with E-state index in [-0.39, 0.29) is 6.04 Å². The van der Waals surface area contributed by atoms with E-state index in [4.69, 9.17) is 15.2 Å². The van der Waals surface area contributed by atoms with Gasteiger partial charge in [0, 0.05) is 35.6 Å². The Morgan fingerprint density at radius 3 is 2.70 bits per heavy atom. The summed E-state index contributed by atoms with van der Waals surface area (Å²) in [5.74, 6) is 1.57. The molecule has 0 radical (unpaired) electrons. The number of nitrogens with one attached hydrogen (secondary N) is 1. The molecule has 5 heteroatoms. The predicted octanol–water partition coefficient (Wildman–Crippen LogP) is 2.55. The summed E-state index contributed by atoms with van der Waals surface area (Å²) in [5, 5.41) is 5.54. The van der Waals surface area contributed by atoms with Crippen molar-refractivity contribution in [3.8, 4) is 11.5 Å². The Morgan fingerprint density at radius 2 is 2.10 bits per heavy atom. The lowest BCUT2D eigenvalue weighted by molar-refractivity contribution is 0.384. The first kappa shape index (κ1) is 14.8. The maximum absolute atomic E-state index is 5.89. The molecule has 2 rings (SSSR count). The van der Waals surface area contributed by atoms with Crippen molar-refractivity contribution in [2.75, 3.05) is 20.8 Å². The molecule has 2 aromatic rings. The van der Waals surface area contributed by atoms with Crippen LogP contribution in [0, 0.1) is 0 Å². The zero-order valence-electron chi connectivity index (χ0n) is 11.8. The summed E-state index contributed by atoms with van der Waals surface area (Å²) in [6, 6.07) is 10.0. The molecule has 1 aromatic heterocycles. The van der Waals surface area contributed by atoms with Gasteiger partial charge in [0.2, 0.25) is 0 Å². The maximum Gasteiger partial charge on any atom is 0.127 e. The van der Waals surface area contributed by atoms with E-state index in [1.54, 1.807) is 25.6 Å². The Balaban J connectivity index is 2.13. The molecule has 108 valence electrons. The summed E-state index contributed by atoms with van der Waals surface area (Å²) in [4.78, 5) is 1.29. The normalized spacial score (nSPS) is 12.2. The number of methoxy groups -OCH3 is 2. The molecule has 1 atom stereocenters. The van der Waals surface area contributed by atoms with Crippen LogP contribution in [0.4, 0.5) is 0 Å². The molecule has 0 bridgehead atoms. The van der Waals surface area contributed by atoms with E-state index in [0.29, 0.717) is 6.54 Å². The predicted molar refractivity (Wildman–Crippen MR) is 82.5 cm³/mol. The van der Waals surface area contributed by atoms with Crippen molar-refractivity contribution in [3.63, 3.8) is 0 Å². The number of nitrogens with two attached hydrogens (primary N) is 1. The van der Waals surface area contributed by atoms with Gasteiger partial charge in [-0.2, -0.15) is 0 Å². The second-order valence-electron chi connectivity index (χ2n) is 4.36. The van der Waals surface area contributed by atoms with Gasteiger partial charge in [-0.15, -0.1) is 11.3 Å². The molecule has 3 N–H and O–H groups in total.